The van der Waals surface area contributed by atoms with Crippen LogP contribution in [0.4, 0.5) is 11.5 Å². The van der Waals surface area contributed by atoms with Crippen LogP contribution in [0.2, 0.25) is 0 Å². The molecule has 1 spiro atoms. The molecule has 0 saturated heterocycles. The Morgan fingerprint density at radius 3 is 2.86 bits per heavy atom. The molecule has 2 aliphatic heterocycles. The molecule has 5 heterocycles. The summed E-state index contributed by atoms with van der Waals surface area (Å²) in [7, 11) is 0. The van der Waals surface area contributed by atoms with E-state index in [0.717, 1.165) is 5.56 Å². The quantitative estimate of drug-likeness (QED) is 0.454. The van der Waals surface area contributed by atoms with E-state index in [2.05, 4.69) is 35.7 Å². The molecule has 3 aromatic heterocycles. The Labute approximate surface area is 163 Å². The highest BCUT2D eigenvalue weighted by Gasteiger charge is 2.55. The maximum atomic E-state index is 13.2. The largest absolute Gasteiger partial charge is 0.340 e. The Kier molecular flexibility index (Phi) is 2.88. The summed E-state index contributed by atoms with van der Waals surface area (Å²) in [6.45, 7) is 1.83. The smallest absolute Gasteiger partial charge is 0.240 e. The highest BCUT2D eigenvalue weighted by atomic mass is 16.2. The number of anilines is 2. The van der Waals surface area contributed by atoms with Gasteiger partial charge < -0.3 is 15.6 Å². The number of amides is 2. The zero-order chi connectivity index (χ0) is 19.8. The van der Waals surface area contributed by atoms with E-state index >= 15 is 0 Å². The van der Waals surface area contributed by atoms with E-state index in [-0.39, 0.29) is 18.2 Å². The van der Waals surface area contributed by atoms with Crippen molar-refractivity contribution in [2.24, 2.45) is 0 Å². The molecule has 2 amide bonds. The molecule has 10 heteroatoms. The molecule has 0 radical (unpaired) electrons. The highest BCUT2D eigenvalue weighted by molar-refractivity contribution is 6.15. The summed E-state index contributed by atoms with van der Waals surface area (Å²) in [4.78, 5) is 41.6. The normalized spacial score (nSPS) is 19.9. The molecule has 10 nitrogen and oxygen atoms in total. The first-order valence-corrected chi connectivity index (χ1v) is 9.05. The summed E-state index contributed by atoms with van der Waals surface area (Å²) < 4.78 is 1.54. The number of fused-ring (bicyclic) bond motifs is 5. The lowest BCUT2D eigenvalue weighted by Gasteiger charge is -2.32. The second-order valence-electron chi connectivity index (χ2n) is 7.15. The van der Waals surface area contributed by atoms with Crippen LogP contribution in [0.15, 0.2) is 36.9 Å². The molecule has 0 aliphatic carbocycles. The third kappa shape index (κ3) is 1.89. The molecular weight excluding hydrogens is 372 g/mol. The van der Waals surface area contributed by atoms with Gasteiger partial charge >= 0.3 is 0 Å². The maximum absolute atomic E-state index is 13.2. The van der Waals surface area contributed by atoms with Crippen molar-refractivity contribution in [3.8, 4) is 5.82 Å². The third-order valence-corrected chi connectivity index (χ3v) is 5.60. The third-order valence-electron chi connectivity index (χ3n) is 5.60. The number of hydrogen-bond acceptors (Lipinski definition) is 6. The number of rotatable bonds is 1. The van der Waals surface area contributed by atoms with Crippen LogP contribution in [0.1, 0.15) is 23.2 Å². The predicted octanol–water partition coefficient (Wildman–Crippen LogP) is 1.43. The zero-order valence-electron chi connectivity index (χ0n) is 15.2. The standard InChI is InChI=1S/C19H14N8O2/c1-9-13-16(27(26-9)17-14-15(21-7-20-14)22-8-23-17)25-12(28)6-19(13)10-4-2-3-5-11(10)24-18(19)29/h2-5,7-8H,6H2,1H3,(H,24,29)(H,25,28)(H,20,21,22,23)/t19-/m1/s1. The fourth-order valence-electron chi connectivity index (χ4n) is 4.46. The number of H-pyrrole nitrogens is 1. The van der Waals surface area contributed by atoms with Gasteiger partial charge in [-0.05, 0) is 18.6 Å². The first-order valence-electron chi connectivity index (χ1n) is 9.05. The van der Waals surface area contributed by atoms with Crippen molar-refractivity contribution in [2.75, 3.05) is 10.6 Å². The van der Waals surface area contributed by atoms with Crippen LogP contribution >= 0.6 is 0 Å². The van der Waals surface area contributed by atoms with Crippen LogP contribution in [-0.2, 0) is 15.0 Å². The SMILES string of the molecule is Cc1nn(-c2ncnc3nc[nH]c23)c2c1[C@]1(CC(=O)N2)C(=O)Nc2ccccc21. The summed E-state index contributed by atoms with van der Waals surface area (Å²) in [5.74, 6) is 0.383. The van der Waals surface area contributed by atoms with E-state index in [1.54, 1.807) is 4.68 Å². The molecule has 142 valence electrons. The summed E-state index contributed by atoms with van der Waals surface area (Å²) in [6.07, 6.45) is 2.92. The lowest BCUT2D eigenvalue weighted by Crippen LogP contribution is -2.43. The number of benzene rings is 1. The number of nitrogens with one attached hydrogen (secondary N) is 3. The van der Waals surface area contributed by atoms with Gasteiger partial charge in [-0.25, -0.2) is 15.0 Å². The average molecular weight is 386 g/mol. The lowest BCUT2D eigenvalue weighted by atomic mass is 9.71. The van der Waals surface area contributed by atoms with Crippen molar-refractivity contribution >= 4 is 34.5 Å². The molecule has 0 bridgehead atoms. The number of para-hydroxylation sites is 1. The van der Waals surface area contributed by atoms with Crippen LogP contribution in [0.3, 0.4) is 0 Å². The van der Waals surface area contributed by atoms with E-state index < -0.39 is 5.41 Å². The molecular formula is C19H14N8O2. The Hall–Kier alpha value is -4.08. The predicted molar refractivity (Wildman–Crippen MR) is 103 cm³/mol. The molecule has 0 saturated carbocycles. The first kappa shape index (κ1) is 15.9. The number of hydrogen-bond donors (Lipinski definition) is 3. The molecule has 1 atom stereocenters. The van der Waals surface area contributed by atoms with Crippen molar-refractivity contribution in [3.63, 3.8) is 0 Å². The Morgan fingerprint density at radius 2 is 1.97 bits per heavy atom. The number of aromatic amines is 1. The Balaban J connectivity index is 1.68. The number of carbonyl (C=O) groups excluding carboxylic acids is 2. The van der Waals surface area contributed by atoms with Crippen molar-refractivity contribution in [3.05, 3.63) is 53.7 Å². The molecule has 0 fully saturated rings. The second-order valence-corrected chi connectivity index (χ2v) is 7.15. The van der Waals surface area contributed by atoms with Gasteiger partial charge in [-0.1, -0.05) is 18.2 Å². The average Bonchev–Trinajstić information content (AvgIpc) is 3.38. The topological polar surface area (TPSA) is 130 Å². The molecule has 0 unspecified atom stereocenters. The Bertz CT molecular complexity index is 1350. The van der Waals surface area contributed by atoms with Crippen LogP contribution in [-0.4, -0.2) is 41.5 Å². The number of nitrogens with zero attached hydrogens (tertiary/aromatic N) is 5. The number of imidazole rings is 1. The zero-order valence-corrected chi connectivity index (χ0v) is 15.2. The monoisotopic (exact) mass is 386 g/mol. The van der Waals surface area contributed by atoms with Gasteiger partial charge in [0.15, 0.2) is 11.5 Å². The summed E-state index contributed by atoms with van der Waals surface area (Å²) in [5, 5.41) is 10.5. The lowest BCUT2D eigenvalue weighted by molar-refractivity contribution is -0.125. The van der Waals surface area contributed by atoms with E-state index in [9.17, 15) is 9.59 Å². The molecule has 1 aromatic carbocycles. The van der Waals surface area contributed by atoms with Gasteiger partial charge in [-0.3, -0.25) is 9.59 Å². The number of aryl methyl sites for hydroxylation is 1. The van der Waals surface area contributed by atoms with Gasteiger partial charge in [-0.2, -0.15) is 9.78 Å². The van der Waals surface area contributed by atoms with E-state index in [4.69, 9.17) is 0 Å². The van der Waals surface area contributed by atoms with Gasteiger partial charge in [0.05, 0.1) is 12.0 Å². The van der Waals surface area contributed by atoms with Gasteiger partial charge in [0.1, 0.15) is 23.1 Å². The number of aromatic nitrogens is 6. The number of carbonyl (C=O) groups is 2. The molecule has 4 aromatic rings. The molecule has 3 N–H and O–H groups in total. The minimum absolute atomic E-state index is 0.0125. The summed E-state index contributed by atoms with van der Waals surface area (Å²) in [5.41, 5.74) is 2.74. The minimum Gasteiger partial charge on any atom is -0.340 e. The summed E-state index contributed by atoms with van der Waals surface area (Å²) in [6, 6.07) is 7.44. The fraction of sp³-hybridized carbons (Fsp3) is 0.158. The van der Waals surface area contributed by atoms with Crippen LogP contribution in [0.5, 0.6) is 0 Å². The first-order chi connectivity index (χ1) is 14.1. The van der Waals surface area contributed by atoms with Crippen LogP contribution in [0, 0.1) is 6.92 Å². The minimum atomic E-state index is -1.13. The fourth-order valence-corrected chi connectivity index (χ4v) is 4.46. The van der Waals surface area contributed by atoms with E-state index in [1.165, 1.54) is 12.7 Å². The van der Waals surface area contributed by atoms with Gasteiger partial charge in [0.2, 0.25) is 11.8 Å². The Morgan fingerprint density at radius 1 is 1.10 bits per heavy atom. The molecule has 6 rings (SSSR count). The molecule has 29 heavy (non-hydrogen) atoms. The maximum Gasteiger partial charge on any atom is 0.240 e. The second kappa shape index (κ2) is 5.25. The van der Waals surface area contributed by atoms with Crippen molar-refractivity contribution in [1.29, 1.82) is 0 Å². The van der Waals surface area contributed by atoms with Gasteiger partial charge in [-0.15, -0.1) is 0 Å². The van der Waals surface area contributed by atoms with Crippen molar-refractivity contribution in [1.82, 2.24) is 29.7 Å². The molecule has 2 aliphatic rings. The summed E-state index contributed by atoms with van der Waals surface area (Å²) >= 11 is 0. The van der Waals surface area contributed by atoms with Crippen LogP contribution in [0.25, 0.3) is 17.0 Å². The van der Waals surface area contributed by atoms with E-state index in [1.807, 2.05) is 31.2 Å². The van der Waals surface area contributed by atoms with Crippen molar-refractivity contribution < 1.29 is 9.59 Å². The van der Waals surface area contributed by atoms with Crippen molar-refractivity contribution in [2.45, 2.75) is 18.8 Å². The highest BCUT2D eigenvalue weighted by Crippen LogP contribution is 2.51. The van der Waals surface area contributed by atoms with Gasteiger partial charge in [0.25, 0.3) is 0 Å². The van der Waals surface area contributed by atoms with Crippen LogP contribution < -0.4 is 10.6 Å². The van der Waals surface area contributed by atoms with E-state index in [0.29, 0.717) is 39.7 Å². The van der Waals surface area contributed by atoms with Gasteiger partial charge in [0, 0.05) is 17.7 Å².